The molecule has 0 aromatic carbocycles. The van der Waals surface area contributed by atoms with E-state index in [9.17, 15) is 18.0 Å². The van der Waals surface area contributed by atoms with Gasteiger partial charge >= 0.3 is 11.9 Å². The first-order valence-corrected chi connectivity index (χ1v) is 6.27. The Hall–Kier alpha value is -1.19. The third-order valence-corrected chi connectivity index (χ3v) is 3.20. The lowest BCUT2D eigenvalue weighted by molar-refractivity contribution is -0.148. The van der Waals surface area contributed by atoms with E-state index in [-0.39, 0.29) is 6.42 Å². The molecule has 9 heteroatoms. The van der Waals surface area contributed by atoms with E-state index in [2.05, 4.69) is 9.47 Å². The normalized spacial score (nSPS) is 13.1. The molecule has 8 nitrogen and oxygen atoms in total. The molecule has 17 heavy (non-hydrogen) atoms. The van der Waals surface area contributed by atoms with Gasteiger partial charge in [0, 0.05) is 13.7 Å². The van der Waals surface area contributed by atoms with E-state index in [0.29, 0.717) is 0 Å². The van der Waals surface area contributed by atoms with Crippen molar-refractivity contribution < 1.29 is 32.6 Å². The first-order valence-electron chi connectivity index (χ1n) is 4.62. The molecule has 0 saturated heterocycles. The van der Waals surface area contributed by atoms with Crippen LogP contribution in [0.5, 0.6) is 0 Å². The van der Waals surface area contributed by atoms with Crippen LogP contribution < -0.4 is 4.72 Å². The van der Waals surface area contributed by atoms with Crippen molar-refractivity contribution in [3.63, 3.8) is 0 Å². The van der Waals surface area contributed by atoms with Gasteiger partial charge in [0.2, 0.25) is 10.0 Å². The average molecular weight is 269 g/mol. The second kappa shape index (κ2) is 7.20. The highest BCUT2D eigenvalue weighted by Crippen LogP contribution is 1.94. The van der Waals surface area contributed by atoms with Crippen LogP contribution in [0.25, 0.3) is 0 Å². The Morgan fingerprint density at radius 1 is 1.35 bits per heavy atom. The number of nitrogens with one attached hydrogen (secondary N) is 1. The standard InChI is InChI=1S/C8H15NO7S/c1-15-6(8(11)12)5-9-17(13,14)4-3-7(10)16-2/h6,9H,3-5H2,1-2H3,(H,11,12). The smallest absolute Gasteiger partial charge is 0.334 e. The van der Waals surface area contributed by atoms with Crippen molar-refractivity contribution in [1.82, 2.24) is 4.72 Å². The molecule has 0 aliphatic carbocycles. The summed E-state index contributed by atoms with van der Waals surface area (Å²) in [6.07, 6.45) is -1.56. The largest absolute Gasteiger partial charge is 0.479 e. The molecule has 0 saturated carbocycles. The van der Waals surface area contributed by atoms with Gasteiger partial charge in [0.15, 0.2) is 6.10 Å². The van der Waals surface area contributed by atoms with E-state index in [1.165, 1.54) is 0 Å². The Morgan fingerprint density at radius 3 is 2.35 bits per heavy atom. The molecular weight excluding hydrogens is 254 g/mol. The summed E-state index contributed by atoms with van der Waals surface area (Å²) < 4.78 is 33.5. The molecule has 0 spiro atoms. The van der Waals surface area contributed by atoms with Gasteiger partial charge in [-0.3, -0.25) is 4.79 Å². The van der Waals surface area contributed by atoms with Crippen LogP contribution in [0, 0.1) is 0 Å². The van der Waals surface area contributed by atoms with Crippen LogP contribution in [0.3, 0.4) is 0 Å². The monoisotopic (exact) mass is 269 g/mol. The number of hydrogen-bond acceptors (Lipinski definition) is 6. The zero-order valence-corrected chi connectivity index (χ0v) is 10.3. The summed E-state index contributed by atoms with van der Waals surface area (Å²) in [6, 6.07) is 0. The molecule has 0 radical (unpaired) electrons. The molecule has 1 unspecified atom stereocenters. The molecule has 0 rings (SSSR count). The van der Waals surface area contributed by atoms with Crippen LogP contribution in [0.4, 0.5) is 0 Å². The van der Waals surface area contributed by atoms with Crippen LogP contribution in [0.1, 0.15) is 6.42 Å². The Bertz CT molecular complexity index is 364. The fourth-order valence-electron chi connectivity index (χ4n) is 0.866. The maximum atomic E-state index is 11.3. The van der Waals surface area contributed by atoms with Crippen molar-refractivity contribution in [2.75, 3.05) is 26.5 Å². The Balaban J connectivity index is 4.18. The summed E-state index contributed by atoms with van der Waals surface area (Å²) >= 11 is 0. The lowest BCUT2D eigenvalue weighted by atomic mass is 10.4. The molecule has 0 fully saturated rings. The van der Waals surface area contributed by atoms with Gasteiger partial charge in [0.1, 0.15) is 0 Å². The molecule has 0 heterocycles. The zero-order chi connectivity index (χ0) is 13.5. The van der Waals surface area contributed by atoms with Gasteiger partial charge in [-0.15, -0.1) is 0 Å². The van der Waals surface area contributed by atoms with Gasteiger partial charge in [-0.05, 0) is 0 Å². The summed E-state index contributed by atoms with van der Waals surface area (Å²) in [5, 5.41) is 8.59. The second-order valence-corrected chi connectivity index (χ2v) is 4.98. The van der Waals surface area contributed by atoms with E-state index >= 15 is 0 Å². The molecule has 0 aromatic rings. The molecule has 2 N–H and O–H groups in total. The third-order valence-electron chi connectivity index (χ3n) is 1.85. The first-order chi connectivity index (χ1) is 7.82. The number of rotatable bonds is 8. The molecule has 0 aromatic heterocycles. The number of sulfonamides is 1. The Morgan fingerprint density at radius 2 is 1.94 bits per heavy atom. The summed E-state index contributed by atoms with van der Waals surface area (Å²) in [4.78, 5) is 21.3. The van der Waals surface area contributed by atoms with Crippen molar-refractivity contribution in [2.24, 2.45) is 0 Å². The van der Waals surface area contributed by atoms with Crippen LogP contribution in [-0.2, 0) is 29.1 Å². The number of carboxylic acid groups (broad SMARTS) is 1. The van der Waals surface area contributed by atoms with Crippen molar-refractivity contribution in [2.45, 2.75) is 12.5 Å². The second-order valence-electron chi connectivity index (χ2n) is 3.06. The molecular formula is C8H15NO7S. The lowest BCUT2D eigenvalue weighted by Crippen LogP contribution is -2.39. The third kappa shape index (κ3) is 6.87. The topological polar surface area (TPSA) is 119 Å². The summed E-state index contributed by atoms with van der Waals surface area (Å²) in [6.45, 7) is -0.394. The predicted octanol–water partition coefficient (Wildman–Crippen LogP) is -1.43. The molecule has 100 valence electrons. The minimum Gasteiger partial charge on any atom is -0.479 e. The SMILES string of the molecule is COC(=O)CCS(=O)(=O)NCC(OC)C(=O)O. The molecule has 0 amide bonds. The van der Waals surface area contributed by atoms with Gasteiger partial charge in [-0.25, -0.2) is 17.9 Å². The number of aliphatic carboxylic acids is 1. The fourth-order valence-corrected chi connectivity index (χ4v) is 1.85. The van der Waals surface area contributed by atoms with Gasteiger partial charge in [-0.1, -0.05) is 0 Å². The highest BCUT2D eigenvalue weighted by atomic mass is 32.2. The van der Waals surface area contributed by atoms with Crippen molar-refractivity contribution in [1.29, 1.82) is 0 Å². The minimum atomic E-state index is -3.72. The van der Waals surface area contributed by atoms with E-state index in [4.69, 9.17) is 5.11 Å². The Labute approximate surface area is 98.9 Å². The van der Waals surface area contributed by atoms with Crippen LogP contribution in [0.15, 0.2) is 0 Å². The number of carboxylic acids is 1. The molecule has 1 atom stereocenters. The van der Waals surface area contributed by atoms with Gasteiger partial charge in [-0.2, -0.15) is 0 Å². The first kappa shape index (κ1) is 15.8. The van der Waals surface area contributed by atoms with Crippen molar-refractivity contribution in [3.05, 3.63) is 0 Å². The van der Waals surface area contributed by atoms with E-state index < -0.39 is 40.4 Å². The molecule has 0 aliphatic heterocycles. The van der Waals surface area contributed by atoms with E-state index in [1.54, 1.807) is 0 Å². The summed E-state index contributed by atoms with van der Waals surface area (Å²) in [7, 11) is -1.42. The maximum absolute atomic E-state index is 11.3. The maximum Gasteiger partial charge on any atom is 0.334 e. The fraction of sp³-hybridized carbons (Fsp3) is 0.750. The number of carbonyl (C=O) groups is 2. The Kier molecular flexibility index (Phi) is 6.69. The van der Waals surface area contributed by atoms with Gasteiger partial charge in [0.25, 0.3) is 0 Å². The van der Waals surface area contributed by atoms with Crippen LogP contribution >= 0.6 is 0 Å². The number of carbonyl (C=O) groups excluding carboxylic acids is 1. The van der Waals surface area contributed by atoms with Gasteiger partial charge in [0.05, 0.1) is 19.3 Å². The summed E-state index contributed by atoms with van der Waals surface area (Å²) in [5.74, 6) is -2.39. The summed E-state index contributed by atoms with van der Waals surface area (Å²) in [5.41, 5.74) is 0. The van der Waals surface area contributed by atoms with Crippen molar-refractivity contribution >= 4 is 22.0 Å². The minimum absolute atomic E-state index is 0.295. The average Bonchev–Trinajstić information content (AvgIpc) is 2.26. The van der Waals surface area contributed by atoms with Crippen LogP contribution in [-0.4, -0.2) is 58.1 Å². The highest BCUT2D eigenvalue weighted by molar-refractivity contribution is 7.89. The van der Waals surface area contributed by atoms with Gasteiger partial charge < -0.3 is 14.6 Å². The van der Waals surface area contributed by atoms with Crippen LogP contribution in [0.2, 0.25) is 0 Å². The van der Waals surface area contributed by atoms with Crippen molar-refractivity contribution in [3.8, 4) is 0 Å². The quantitative estimate of drug-likeness (QED) is 0.518. The number of hydrogen-bond donors (Lipinski definition) is 2. The lowest BCUT2D eigenvalue weighted by Gasteiger charge is -2.11. The van der Waals surface area contributed by atoms with E-state index in [0.717, 1.165) is 14.2 Å². The molecule has 0 aliphatic rings. The molecule has 0 bridgehead atoms. The van der Waals surface area contributed by atoms with E-state index in [1.807, 2.05) is 4.72 Å². The highest BCUT2D eigenvalue weighted by Gasteiger charge is 2.20. The predicted molar refractivity (Wildman–Crippen MR) is 56.9 cm³/mol. The number of esters is 1. The number of methoxy groups -OCH3 is 2. The zero-order valence-electron chi connectivity index (χ0n) is 9.50. The number of ether oxygens (including phenoxy) is 2.